The lowest BCUT2D eigenvalue weighted by Crippen LogP contribution is -2.14. The molecule has 0 aliphatic rings. The van der Waals surface area contributed by atoms with Crippen LogP contribution in [0.2, 0.25) is 0 Å². The van der Waals surface area contributed by atoms with Gasteiger partial charge in [-0.25, -0.2) is 0 Å². The zero-order valence-electron chi connectivity index (χ0n) is 8.42. The highest BCUT2D eigenvalue weighted by Gasteiger charge is 1.99. The molecule has 13 heavy (non-hydrogen) atoms. The monoisotopic (exact) mass is 178 g/mol. The van der Waals surface area contributed by atoms with E-state index in [4.69, 9.17) is 10.5 Å². The second kappa shape index (κ2) is 4.28. The first-order valence-corrected chi connectivity index (χ1v) is 4.50. The molecule has 0 heterocycles. The molecule has 0 saturated carbocycles. The molecule has 0 aromatic heterocycles. The standard InChI is InChI=1S/C11H16NO/c1-8-4-9(2)6-11(5-8)13-7-10(3)12/h4-6,10,12H,7H2,1-3H3. The first kappa shape index (κ1) is 10.1. The molecule has 1 N–H and O–H groups in total. The summed E-state index contributed by atoms with van der Waals surface area (Å²) in [6.45, 7) is 6.37. The fourth-order valence-corrected chi connectivity index (χ4v) is 1.24. The van der Waals surface area contributed by atoms with E-state index in [0.29, 0.717) is 6.61 Å². The van der Waals surface area contributed by atoms with Gasteiger partial charge in [0.05, 0.1) is 6.04 Å². The fraction of sp³-hybridized carbons (Fsp3) is 0.455. The molecule has 0 saturated heterocycles. The van der Waals surface area contributed by atoms with Crippen molar-refractivity contribution in [3.8, 4) is 5.75 Å². The zero-order valence-corrected chi connectivity index (χ0v) is 8.42. The number of nitrogens with one attached hydrogen (secondary N) is 1. The summed E-state index contributed by atoms with van der Waals surface area (Å²) in [6, 6.07) is 5.93. The van der Waals surface area contributed by atoms with Crippen molar-refractivity contribution < 1.29 is 4.74 Å². The average Bonchev–Trinajstić information content (AvgIpc) is 1.99. The van der Waals surface area contributed by atoms with Crippen molar-refractivity contribution in [2.45, 2.75) is 26.8 Å². The van der Waals surface area contributed by atoms with E-state index in [0.717, 1.165) is 5.75 Å². The summed E-state index contributed by atoms with van der Waals surface area (Å²) in [6.07, 6.45) is 0. The van der Waals surface area contributed by atoms with Crippen LogP contribution in [0.3, 0.4) is 0 Å². The van der Waals surface area contributed by atoms with E-state index in [1.807, 2.05) is 32.9 Å². The van der Waals surface area contributed by atoms with Crippen molar-refractivity contribution >= 4 is 0 Å². The minimum absolute atomic E-state index is 0.166. The van der Waals surface area contributed by atoms with E-state index < -0.39 is 0 Å². The molecular weight excluding hydrogens is 162 g/mol. The van der Waals surface area contributed by atoms with Crippen molar-refractivity contribution in [3.63, 3.8) is 0 Å². The highest BCUT2D eigenvalue weighted by atomic mass is 16.5. The predicted molar refractivity (Wildman–Crippen MR) is 54.0 cm³/mol. The molecule has 0 aliphatic carbocycles. The Balaban J connectivity index is 2.66. The van der Waals surface area contributed by atoms with Gasteiger partial charge in [0, 0.05) is 0 Å². The van der Waals surface area contributed by atoms with Gasteiger partial charge in [-0.3, -0.25) is 5.73 Å². The van der Waals surface area contributed by atoms with Gasteiger partial charge in [-0.15, -0.1) is 0 Å². The van der Waals surface area contributed by atoms with Gasteiger partial charge in [0.15, 0.2) is 0 Å². The molecular formula is C11H16NO. The van der Waals surface area contributed by atoms with Crippen molar-refractivity contribution in [1.29, 1.82) is 0 Å². The molecule has 2 heteroatoms. The van der Waals surface area contributed by atoms with Gasteiger partial charge in [0.1, 0.15) is 12.4 Å². The molecule has 1 aromatic rings. The number of rotatable bonds is 3. The van der Waals surface area contributed by atoms with Crippen LogP contribution >= 0.6 is 0 Å². The Hall–Kier alpha value is -1.02. The molecule has 1 atom stereocenters. The van der Waals surface area contributed by atoms with Crippen molar-refractivity contribution in [3.05, 3.63) is 29.3 Å². The molecule has 0 fully saturated rings. The first-order chi connectivity index (χ1) is 6.08. The Kier molecular flexibility index (Phi) is 3.32. The van der Waals surface area contributed by atoms with E-state index in [1.54, 1.807) is 0 Å². The zero-order chi connectivity index (χ0) is 9.84. The summed E-state index contributed by atoms with van der Waals surface area (Å²) in [7, 11) is 0. The molecule has 71 valence electrons. The summed E-state index contributed by atoms with van der Waals surface area (Å²) in [4.78, 5) is 0. The second-order valence-corrected chi connectivity index (χ2v) is 3.54. The molecule has 2 nitrogen and oxygen atoms in total. The maximum absolute atomic E-state index is 7.31. The van der Waals surface area contributed by atoms with Crippen LogP contribution < -0.4 is 10.5 Å². The SMILES string of the molecule is Cc1cc(C)cc(OCC(C)[NH])c1. The lowest BCUT2D eigenvalue weighted by Gasteiger charge is -2.09. The van der Waals surface area contributed by atoms with Crippen LogP contribution in [0.4, 0.5) is 0 Å². The molecule has 0 aliphatic heterocycles. The van der Waals surface area contributed by atoms with Crippen LogP contribution in [0.25, 0.3) is 0 Å². The van der Waals surface area contributed by atoms with E-state index in [2.05, 4.69) is 6.07 Å². The smallest absolute Gasteiger partial charge is 0.119 e. The Labute approximate surface area is 79.7 Å². The maximum Gasteiger partial charge on any atom is 0.119 e. The predicted octanol–water partition coefficient (Wildman–Crippen LogP) is 2.35. The molecule has 1 aromatic carbocycles. The van der Waals surface area contributed by atoms with Gasteiger partial charge in [-0.2, -0.15) is 0 Å². The van der Waals surface area contributed by atoms with E-state index in [1.165, 1.54) is 11.1 Å². The molecule has 1 radical (unpaired) electrons. The third-order valence-corrected chi connectivity index (χ3v) is 1.70. The van der Waals surface area contributed by atoms with Gasteiger partial charge >= 0.3 is 0 Å². The maximum atomic E-state index is 7.31. The van der Waals surface area contributed by atoms with Gasteiger partial charge in [0.25, 0.3) is 0 Å². The number of ether oxygens (including phenoxy) is 1. The number of hydrogen-bond acceptors (Lipinski definition) is 1. The number of hydrogen-bond donors (Lipinski definition) is 0. The topological polar surface area (TPSA) is 33.0 Å². The third-order valence-electron chi connectivity index (χ3n) is 1.70. The second-order valence-electron chi connectivity index (χ2n) is 3.54. The largest absolute Gasteiger partial charge is 0.492 e. The quantitative estimate of drug-likeness (QED) is 0.699. The van der Waals surface area contributed by atoms with Crippen LogP contribution in [-0.2, 0) is 0 Å². The van der Waals surface area contributed by atoms with Gasteiger partial charge < -0.3 is 4.74 Å². The van der Waals surface area contributed by atoms with Gasteiger partial charge in [0.2, 0.25) is 0 Å². The highest BCUT2D eigenvalue weighted by Crippen LogP contribution is 2.16. The lowest BCUT2D eigenvalue weighted by atomic mass is 10.1. The molecule has 0 amide bonds. The van der Waals surface area contributed by atoms with Crippen molar-refractivity contribution in [1.82, 2.24) is 5.73 Å². The summed E-state index contributed by atoms with van der Waals surface area (Å²) in [5.74, 6) is 0.872. The fourth-order valence-electron chi connectivity index (χ4n) is 1.24. The molecule has 1 unspecified atom stereocenters. The Bertz CT molecular complexity index is 261. The van der Waals surface area contributed by atoms with E-state index >= 15 is 0 Å². The summed E-state index contributed by atoms with van der Waals surface area (Å²) in [5.41, 5.74) is 9.71. The van der Waals surface area contributed by atoms with Crippen LogP contribution in [0.1, 0.15) is 18.1 Å². The Morgan fingerprint density at radius 1 is 1.23 bits per heavy atom. The Morgan fingerprint density at radius 3 is 2.23 bits per heavy atom. The molecule has 0 bridgehead atoms. The van der Waals surface area contributed by atoms with Gasteiger partial charge in [-0.05, 0) is 44.0 Å². The van der Waals surface area contributed by atoms with Crippen LogP contribution in [-0.4, -0.2) is 12.6 Å². The van der Waals surface area contributed by atoms with Crippen molar-refractivity contribution in [2.24, 2.45) is 0 Å². The Morgan fingerprint density at radius 2 is 1.77 bits per heavy atom. The number of benzene rings is 1. The summed E-state index contributed by atoms with van der Waals surface area (Å²) in [5, 5.41) is 0. The summed E-state index contributed by atoms with van der Waals surface area (Å²) >= 11 is 0. The minimum Gasteiger partial charge on any atom is -0.492 e. The normalized spacial score (nSPS) is 12.6. The number of aryl methyl sites for hydroxylation is 2. The van der Waals surface area contributed by atoms with E-state index in [9.17, 15) is 0 Å². The third kappa shape index (κ3) is 3.47. The van der Waals surface area contributed by atoms with E-state index in [-0.39, 0.29) is 6.04 Å². The molecule has 0 spiro atoms. The minimum atomic E-state index is -0.166. The van der Waals surface area contributed by atoms with Gasteiger partial charge in [-0.1, -0.05) is 6.07 Å². The van der Waals surface area contributed by atoms with Crippen LogP contribution in [0.5, 0.6) is 5.75 Å². The lowest BCUT2D eigenvalue weighted by molar-refractivity contribution is 0.293. The average molecular weight is 178 g/mol. The first-order valence-electron chi connectivity index (χ1n) is 4.50. The van der Waals surface area contributed by atoms with Crippen LogP contribution in [0.15, 0.2) is 18.2 Å². The van der Waals surface area contributed by atoms with Crippen molar-refractivity contribution in [2.75, 3.05) is 6.61 Å². The van der Waals surface area contributed by atoms with Crippen LogP contribution in [0, 0.1) is 13.8 Å². The summed E-state index contributed by atoms with van der Waals surface area (Å²) < 4.78 is 5.44. The highest BCUT2D eigenvalue weighted by molar-refractivity contribution is 5.32. The molecule has 1 rings (SSSR count).